The molecule has 2 fully saturated rings. The van der Waals surface area contributed by atoms with E-state index in [0.717, 1.165) is 32.2 Å². The van der Waals surface area contributed by atoms with E-state index in [1.807, 2.05) is 0 Å². The van der Waals surface area contributed by atoms with E-state index in [4.69, 9.17) is 10.5 Å². The lowest BCUT2D eigenvalue weighted by Crippen LogP contribution is -2.44. The lowest BCUT2D eigenvalue weighted by Gasteiger charge is -2.32. The summed E-state index contributed by atoms with van der Waals surface area (Å²) < 4.78 is 5.33. The van der Waals surface area contributed by atoms with Crippen LogP contribution in [0.3, 0.4) is 0 Å². The molecule has 0 unspecified atom stereocenters. The van der Waals surface area contributed by atoms with Gasteiger partial charge < -0.3 is 20.3 Å². The second-order valence-corrected chi connectivity index (χ2v) is 6.61. The lowest BCUT2D eigenvalue weighted by atomic mass is 9.99. The zero-order chi connectivity index (χ0) is 16.1. The second-order valence-electron chi connectivity index (χ2n) is 6.61. The summed E-state index contributed by atoms with van der Waals surface area (Å²) >= 11 is 0. The number of rotatable bonds is 3. The largest absolute Gasteiger partial charge is 0.378 e. The van der Waals surface area contributed by atoms with E-state index in [9.17, 15) is 0 Å². The van der Waals surface area contributed by atoms with Gasteiger partial charge in [0.1, 0.15) is 0 Å². The maximum atomic E-state index is 6.07. The van der Waals surface area contributed by atoms with Gasteiger partial charge in [-0.05, 0) is 36.5 Å². The molecule has 6 heteroatoms. The summed E-state index contributed by atoms with van der Waals surface area (Å²) in [6, 6.07) is 8.77. The maximum absolute atomic E-state index is 6.07. The van der Waals surface area contributed by atoms with Gasteiger partial charge in [0.05, 0.1) is 19.8 Å². The van der Waals surface area contributed by atoms with Crippen LogP contribution in [-0.2, 0) is 11.3 Å². The highest BCUT2D eigenvalue weighted by atomic mass is 127. The first kappa shape index (κ1) is 19.3. The van der Waals surface area contributed by atoms with Gasteiger partial charge in [0.25, 0.3) is 0 Å². The predicted octanol–water partition coefficient (Wildman–Crippen LogP) is 2.69. The van der Waals surface area contributed by atoms with Crippen LogP contribution in [0.25, 0.3) is 0 Å². The third kappa shape index (κ3) is 5.24. The Bertz CT molecular complexity index is 520. The van der Waals surface area contributed by atoms with E-state index in [1.165, 1.54) is 37.2 Å². The average molecular weight is 444 g/mol. The minimum atomic E-state index is 0. The fraction of sp³-hybridized carbons (Fsp3) is 0.611. The number of benzene rings is 1. The Hall–Kier alpha value is -1.02. The Morgan fingerprint density at radius 2 is 1.75 bits per heavy atom. The normalized spacial score (nSPS) is 20.0. The Labute approximate surface area is 162 Å². The molecule has 1 aromatic carbocycles. The second kappa shape index (κ2) is 9.46. The molecule has 0 aliphatic carbocycles. The number of halogens is 1. The third-order valence-electron chi connectivity index (χ3n) is 4.84. The van der Waals surface area contributed by atoms with Gasteiger partial charge in [-0.3, -0.25) is 0 Å². The quantitative estimate of drug-likeness (QED) is 0.443. The molecule has 0 amide bonds. The molecular formula is C18H29IN4O. The molecule has 5 nitrogen and oxygen atoms in total. The molecule has 0 aromatic heterocycles. The van der Waals surface area contributed by atoms with E-state index >= 15 is 0 Å². The zero-order valence-electron chi connectivity index (χ0n) is 14.5. The topological polar surface area (TPSA) is 54.1 Å². The van der Waals surface area contributed by atoms with E-state index in [-0.39, 0.29) is 24.0 Å². The molecule has 2 N–H and O–H groups in total. The fourth-order valence-electron chi connectivity index (χ4n) is 3.14. The number of nitrogens with two attached hydrogens (primary N) is 1. The SMILES string of the molecule is CC1CCN(c2ccc(CN=C(N)N3CCOCC3)cc2)CC1.I. The van der Waals surface area contributed by atoms with Crippen molar-refractivity contribution in [2.24, 2.45) is 16.6 Å². The first-order chi connectivity index (χ1) is 11.2. The van der Waals surface area contributed by atoms with Crippen molar-refractivity contribution in [3.05, 3.63) is 29.8 Å². The van der Waals surface area contributed by atoms with Crippen molar-refractivity contribution in [2.75, 3.05) is 44.3 Å². The smallest absolute Gasteiger partial charge is 0.191 e. The summed E-state index contributed by atoms with van der Waals surface area (Å²) in [5, 5.41) is 0. The van der Waals surface area contributed by atoms with E-state index in [0.29, 0.717) is 12.5 Å². The lowest BCUT2D eigenvalue weighted by molar-refractivity contribution is 0.0674. The summed E-state index contributed by atoms with van der Waals surface area (Å²) in [4.78, 5) is 9.09. The van der Waals surface area contributed by atoms with Crippen LogP contribution in [-0.4, -0.2) is 50.3 Å². The van der Waals surface area contributed by atoms with Crippen LogP contribution in [0.1, 0.15) is 25.3 Å². The van der Waals surface area contributed by atoms with Crippen molar-refractivity contribution in [1.82, 2.24) is 4.90 Å². The molecule has 1 aromatic rings. The standard InChI is InChI=1S/C18H28N4O.HI/c1-15-6-8-21(9-7-15)17-4-2-16(3-5-17)14-20-18(19)22-10-12-23-13-11-22;/h2-5,15H,6-14H2,1H3,(H2,19,20);1H. The number of nitrogens with zero attached hydrogens (tertiary/aromatic N) is 3. The van der Waals surface area contributed by atoms with Gasteiger partial charge in [-0.15, -0.1) is 24.0 Å². The number of hydrogen-bond donors (Lipinski definition) is 1. The molecular weight excluding hydrogens is 415 g/mol. The van der Waals surface area contributed by atoms with Crippen molar-refractivity contribution < 1.29 is 4.74 Å². The Balaban J connectivity index is 0.00000208. The summed E-state index contributed by atoms with van der Waals surface area (Å²) in [7, 11) is 0. The first-order valence-corrected chi connectivity index (χ1v) is 8.69. The van der Waals surface area contributed by atoms with Gasteiger partial charge in [0, 0.05) is 31.9 Å². The Morgan fingerprint density at radius 1 is 1.12 bits per heavy atom. The number of piperidine rings is 1. The van der Waals surface area contributed by atoms with Gasteiger partial charge in [0.2, 0.25) is 0 Å². The molecule has 134 valence electrons. The molecule has 2 saturated heterocycles. The van der Waals surface area contributed by atoms with Crippen molar-refractivity contribution in [3.8, 4) is 0 Å². The van der Waals surface area contributed by atoms with Crippen LogP contribution in [0.15, 0.2) is 29.3 Å². The van der Waals surface area contributed by atoms with Gasteiger partial charge in [-0.1, -0.05) is 19.1 Å². The zero-order valence-corrected chi connectivity index (χ0v) is 16.8. The van der Waals surface area contributed by atoms with Gasteiger partial charge in [-0.2, -0.15) is 0 Å². The molecule has 0 bridgehead atoms. The molecule has 2 heterocycles. The number of morpholine rings is 1. The van der Waals surface area contributed by atoms with Crippen LogP contribution in [0, 0.1) is 5.92 Å². The minimum Gasteiger partial charge on any atom is -0.378 e. The van der Waals surface area contributed by atoms with Gasteiger partial charge >= 0.3 is 0 Å². The number of hydrogen-bond acceptors (Lipinski definition) is 3. The number of ether oxygens (including phenoxy) is 1. The van der Waals surface area contributed by atoms with Crippen molar-refractivity contribution >= 4 is 35.6 Å². The van der Waals surface area contributed by atoms with Crippen LogP contribution >= 0.6 is 24.0 Å². The minimum absolute atomic E-state index is 0. The maximum Gasteiger partial charge on any atom is 0.191 e. The highest BCUT2D eigenvalue weighted by molar-refractivity contribution is 14.0. The predicted molar refractivity (Wildman–Crippen MR) is 110 cm³/mol. The molecule has 3 rings (SSSR count). The number of anilines is 1. The molecule has 0 saturated carbocycles. The van der Waals surface area contributed by atoms with Gasteiger partial charge in [0.15, 0.2) is 5.96 Å². The van der Waals surface area contributed by atoms with Crippen LogP contribution in [0.4, 0.5) is 5.69 Å². The molecule has 2 aliphatic rings. The molecule has 0 atom stereocenters. The van der Waals surface area contributed by atoms with Crippen molar-refractivity contribution in [2.45, 2.75) is 26.3 Å². The third-order valence-corrected chi connectivity index (χ3v) is 4.84. The first-order valence-electron chi connectivity index (χ1n) is 8.69. The molecule has 0 radical (unpaired) electrons. The fourth-order valence-corrected chi connectivity index (χ4v) is 3.14. The van der Waals surface area contributed by atoms with Crippen molar-refractivity contribution in [1.29, 1.82) is 0 Å². The molecule has 0 spiro atoms. The Morgan fingerprint density at radius 3 is 2.38 bits per heavy atom. The average Bonchev–Trinajstić information content (AvgIpc) is 2.61. The molecule has 24 heavy (non-hydrogen) atoms. The van der Waals surface area contributed by atoms with Crippen LogP contribution in [0.5, 0.6) is 0 Å². The number of aliphatic imine (C=N–C) groups is 1. The van der Waals surface area contributed by atoms with E-state index in [1.54, 1.807) is 0 Å². The van der Waals surface area contributed by atoms with Crippen LogP contribution < -0.4 is 10.6 Å². The molecule has 2 aliphatic heterocycles. The summed E-state index contributed by atoms with van der Waals surface area (Å²) in [6.45, 7) is 8.46. The summed E-state index contributed by atoms with van der Waals surface area (Å²) in [5.74, 6) is 1.49. The van der Waals surface area contributed by atoms with Gasteiger partial charge in [-0.25, -0.2) is 4.99 Å². The summed E-state index contributed by atoms with van der Waals surface area (Å²) in [6.07, 6.45) is 2.59. The van der Waals surface area contributed by atoms with Crippen molar-refractivity contribution in [3.63, 3.8) is 0 Å². The monoisotopic (exact) mass is 444 g/mol. The van der Waals surface area contributed by atoms with Crippen LogP contribution in [0.2, 0.25) is 0 Å². The van der Waals surface area contributed by atoms with E-state index in [2.05, 4.69) is 46.0 Å². The highest BCUT2D eigenvalue weighted by Gasteiger charge is 2.16. The summed E-state index contributed by atoms with van der Waals surface area (Å²) in [5.41, 5.74) is 8.60. The number of guanidine groups is 1. The Kier molecular flexibility index (Phi) is 7.61. The highest BCUT2D eigenvalue weighted by Crippen LogP contribution is 2.23. The van der Waals surface area contributed by atoms with E-state index < -0.39 is 0 Å².